The van der Waals surface area contributed by atoms with E-state index in [0.717, 1.165) is 29.4 Å². The molecule has 0 bridgehead atoms. The molecule has 0 unspecified atom stereocenters. The number of nitrogens with one attached hydrogen (secondary N) is 1. The lowest BCUT2D eigenvalue weighted by molar-refractivity contribution is 1.03. The number of nitrogens with zero attached hydrogens (tertiary/aromatic N) is 1. The molecule has 98 valence electrons. The van der Waals surface area contributed by atoms with Crippen molar-refractivity contribution in [1.82, 2.24) is 0 Å². The van der Waals surface area contributed by atoms with Crippen molar-refractivity contribution in [2.45, 2.75) is 6.92 Å². The number of rotatable bonds is 5. The van der Waals surface area contributed by atoms with Crippen molar-refractivity contribution in [3.63, 3.8) is 0 Å². The zero-order chi connectivity index (χ0) is 13.5. The lowest BCUT2D eigenvalue weighted by Gasteiger charge is -2.04. The third-order valence-electron chi connectivity index (χ3n) is 2.71. The molecule has 0 saturated heterocycles. The number of benzene rings is 2. The van der Waals surface area contributed by atoms with Crippen LogP contribution in [0.3, 0.4) is 0 Å². The van der Waals surface area contributed by atoms with Crippen LogP contribution in [-0.2, 0) is 0 Å². The molecule has 0 radical (unpaired) electrons. The highest BCUT2D eigenvalue weighted by Gasteiger charge is 1.92. The second-order valence-corrected chi connectivity index (χ2v) is 4.82. The average molecular weight is 273 g/mol. The molecule has 0 heterocycles. The summed E-state index contributed by atoms with van der Waals surface area (Å²) in [5.41, 5.74) is 3.42. The van der Waals surface area contributed by atoms with Crippen LogP contribution in [0.5, 0.6) is 0 Å². The third-order valence-corrected chi connectivity index (χ3v) is 2.95. The summed E-state index contributed by atoms with van der Waals surface area (Å²) in [7, 11) is 0. The number of anilines is 1. The van der Waals surface area contributed by atoms with Gasteiger partial charge in [0.1, 0.15) is 0 Å². The van der Waals surface area contributed by atoms with Crippen LogP contribution >= 0.6 is 11.6 Å². The summed E-state index contributed by atoms with van der Waals surface area (Å²) in [6.07, 6.45) is 1.90. The highest BCUT2D eigenvalue weighted by molar-refractivity contribution is 6.30. The molecular formula is C16H17ClN2. The minimum absolute atomic E-state index is 0.736. The van der Waals surface area contributed by atoms with Gasteiger partial charge < -0.3 is 5.32 Å². The minimum Gasteiger partial charge on any atom is -0.383 e. The predicted molar refractivity (Wildman–Crippen MR) is 83.6 cm³/mol. The molecule has 0 atom stereocenters. The van der Waals surface area contributed by atoms with Crippen LogP contribution in [-0.4, -0.2) is 19.3 Å². The smallest absolute Gasteiger partial charge is 0.0562 e. The van der Waals surface area contributed by atoms with Gasteiger partial charge in [0.15, 0.2) is 0 Å². The quantitative estimate of drug-likeness (QED) is 0.641. The second-order valence-electron chi connectivity index (χ2n) is 4.38. The van der Waals surface area contributed by atoms with Crippen LogP contribution in [0.25, 0.3) is 0 Å². The Kier molecular flexibility index (Phi) is 4.99. The van der Waals surface area contributed by atoms with Crippen molar-refractivity contribution in [2.75, 3.05) is 18.4 Å². The Hall–Kier alpha value is -1.80. The summed E-state index contributed by atoms with van der Waals surface area (Å²) >= 11 is 5.91. The molecular weight excluding hydrogens is 256 g/mol. The normalized spacial score (nSPS) is 10.8. The van der Waals surface area contributed by atoms with Crippen LogP contribution in [0.15, 0.2) is 53.5 Å². The summed E-state index contributed by atoms with van der Waals surface area (Å²) in [6.45, 7) is 3.61. The molecule has 1 N–H and O–H groups in total. The molecule has 0 amide bonds. The Morgan fingerprint density at radius 1 is 1.16 bits per heavy atom. The van der Waals surface area contributed by atoms with Gasteiger partial charge in [-0.2, -0.15) is 0 Å². The first-order chi connectivity index (χ1) is 9.24. The number of hydrogen-bond acceptors (Lipinski definition) is 2. The molecule has 0 saturated carbocycles. The number of aryl methyl sites for hydroxylation is 1. The van der Waals surface area contributed by atoms with Crippen LogP contribution < -0.4 is 5.32 Å². The van der Waals surface area contributed by atoms with Gasteiger partial charge in [0, 0.05) is 23.5 Å². The molecule has 0 aromatic heterocycles. The maximum Gasteiger partial charge on any atom is 0.0562 e. The number of halogens is 1. The SMILES string of the molecule is Cc1ccc(C=NCCNc2cccc(Cl)c2)cc1. The minimum atomic E-state index is 0.736. The summed E-state index contributed by atoms with van der Waals surface area (Å²) < 4.78 is 0. The number of hydrogen-bond donors (Lipinski definition) is 1. The van der Waals surface area contributed by atoms with E-state index in [4.69, 9.17) is 11.6 Å². The molecule has 0 fully saturated rings. The molecule has 0 spiro atoms. The fourth-order valence-electron chi connectivity index (χ4n) is 1.69. The Bertz CT molecular complexity index is 547. The first-order valence-corrected chi connectivity index (χ1v) is 6.68. The third kappa shape index (κ3) is 4.76. The summed E-state index contributed by atoms with van der Waals surface area (Å²) in [5.74, 6) is 0. The van der Waals surface area contributed by atoms with Crippen LogP contribution in [0, 0.1) is 6.92 Å². The molecule has 0 aliphatic carbocycles. The Labute approximate surface area is 119 Å². The largest absolute Gasteiger partial charge is 0.383 e. The maximum atomic E-state index is 5.91. The summed E-state index contributed by atoms with van der Waals surface area (Å²) in [4.78, 5) is 4.39. The van der Waals surface area contributed by atoms with E-state index in [0.29, 0.717) is 0 Å². The first kappa shape index (κ1) is 13.6. The Morgan fingerprint density at radius 3 is 2.68 bits per heavy atom. The van der Waals surface area contributed by atoms with Gasteiger partial charge in [-0.1, -0.05) is 47.5 Å². The molecule has 2 aromatic carbocycles. The van der Waals surface area contributed by atoms with Crippen LogP contribution in [0.1, 0.15) is 11.1 Å². The predicted octanol–water partition coefficient (Wildman–Crippen LogP) is 4.18. The molecule has 2 nitrogen and oxygen atoms in total. The standard InChI is InChI=1S/C16H17ClN2/c1-13-5-7-14(8-6-13)12-18-9-10-19-16-4-2-3-15(17)11-16/h2-8,11-12,19H,9-10H2,1H3. The van der Waals surface area contributed by atoms with Gasteiger partial charge >= 0.3 is 0 Å². The molecule has 3 heteroatoms. The van der Waals surface area contributed by atoms with Crippen molar-refractivity contribution in [3.8, 4) is 0 Å². The monoisotopic (exact) mass is 272 g/mol. The lowest BCUT2D eigenvalue weighted by Crippen LogP contribution is -2.04. The van der Waals surface area contributed by atoms with E-state index in [1.54, 1.807) is 0 Å². The van der Waals surface area contributed by atoms with Crippen molar-refractivity contribution in [1.29, 1.82) is 0 Å². The van der Waals surface area contributed by atoms with E-state index in [-0.39, 0.29) is 0 Å². The van der Waals surface area contributed by atoms with E-state index >= 15 is 0 Å². The molecule has 0 aliphatic rings. The highest BCUT2D eigenvalue weighted by Crippen LogP contribution is 2.14. The fourth-order valence-corrected chi connectivity index (χ4v) is 1.88. The fraction of sp³-hybridized carbons (Fsp3) is 0.188. The first-order valence-electron chi connectivity index (χ1n) is 6.30. The van der Waals surface area contributed by atoms with Crippen molar-refractivity contribution < 1.29 is 0 Å². The van der Waals surface area contributed by atoms with Gasteiger partial charge in [-0.3, -0.25) is 4.99 Å². The average Bonchev–Trinajstić information content (AvgIpc) is 2.41. The zero-order valence-electron chi connectivity index (χ0n) is 10.9. The molecule has 19 heavy (non-hydrogen) atoms. The highest BCUT2D eigenvalue weighted by atomic mass is 35.5. The maximum absolute atomic E-state index is 5.91. The molecule has 0 aliphatic heterocycles. The van der Waals surface area contributed by atoms with E-state index in [2.05, 4.69) is 41.5 Å². The van der Waals surface area contributed by atoms with Crippen molar-refractivity contribution in [2.24, 2.45) is 4.99 Å². The Morgan fingerprint density at radius 2 is 1.95 bits per heavy atom. The van der Waals surface area contributed by atoms with Gasteiger partial charge in [0.2, 0.25) is 0 Å². The van der Waals surface area contributed by atoms with Crippen molar-refractivity contribution >= 4 is 23.5 Å². The van der Waals surface area contributed by atoms with E-state index in [1.165, 1.54) is 5.56 Å². The van der Waals surface area contributed by atoms with Gasteiger partial charge in [0.05, 0.1) is 6.54 Å². The van der Waals surface area contributed by atoms with Gasteiger partial charge in [0.25, 0.3) is 0 Å². The van der Waals surface area contributed by atoms with Crippen LogP contribution in [0.2, 0.25) is 5.02 Å². The summed E-state index contributed by atoms with van der Waals surface area (Å²) in [5, 5.41) is 4.03. The van der Waals surface area contributed by atoms with Gasteiger partial charge in [-0.05, 0) is 30.7 Å². The van der Waals surface area contributed by atoms with E-state index in [9.17, 15) is 0 Å². The Balaban J connectivity index is 1.76. The summed E-state index contributed by atoms with van der Waals surface area (Å²) in [6, 6.07) is 16.0. The molecule has 2 rings (SSSR count). The number of aliphatic imine (C=N–C) groups is 1. The van der Waals surface area contributed by atoms with E-state index < -0.39 is 0 Å². The second kappa shape index (κ2) is 6.95. The topological polar surface area (TPSA) is 24.4 Å². The zero-order valence-corrected chi connectivity index (χ0v) is 11.7. The lowest BCUT2D eigenvalue weighted by atomic mass is 10.2. The van der Waals surface area contributed by atoms with Gasteiger partial charge in [-0.15, -0.1) is 0 Å². The van der Waals surface area contributed by atoms with Crippen molar-refractivity contribution in [3.05, 3.63) is 64.7 Å². The van der Waals surface area contributed by atoms with Crippen LogP contribution in [0.4, 0.5) is 5.69 Å². The van der Waals surface area contributed by atoms with Gasteiger partial charge in [-0.25, -0.2) is 0 Å². The molecule has 2 aromatic rings. The van der Waals surface area contributed by atoms with E-state index in [1.807, 2.05) is 30.5 Å².